The molecule has 2 aromatic carbocycles. The van der Waals surface area contributed by atoms with Gasteiger partial charge in [-0.1, -0.05) is 49.4 Å². The Morgan fingerprint density at radius 3 is 2.32 bits per heavy atom. The molecule has 0 aliphatic carbocycles. The zero-order chi connectivity index (χ0) is 17.8. The Kier molecular flexibility index (Phi) is 5.36. The largest absolute Gasteiger partial charge is 0.389 e. The van der Waals surface area contributed by atoms with Crippen molar-refractivity contribution in [2.24, 2.45) is 0 Å². The lowest BCUT2D eigenvalue weighted by molar-refractivity contribution is 0.130. The number of aromatic nitrogens is 2. The van der Waals surface area contributed by atoms with Crippen LogP contribution >= 0.6 is 0 Å². The SMILES string of the molecule is CCCn1c(=O)n([C@@H](c2ccccc2)[C@@H](O)CNC)c2ccccc21. The van der Waals surface area contributed by atoms with Crippen molar-refractivity contribution < 1.29 is 5.11 Å². The third kappa shape index (κ3) is 3.25. The Balaban J connectivity index is 2.26. The molecule has 0 aliphatic heterocycles. The molecule has 1 heterocycles. The van der Waals surface area contributed by atoms with Crippen LogP contribution in [0.5, 0.6) is 0 Å². The molecule has 5 nitrogen and oxygen atoms in total. The van der Waals surface area contributed by atoms with Crippen LogP contribution in [-0.2, 0) is 6.54 Å². The van der Waals surface area contributed by atoms with Crippen LogP contribution in [0.1, 0.15) is 24.9 Å². The zero-order valence-corrected chi connectivity index (χ0v) is 14.7. The predicted octanol–water partition coefficient (Wildman–Crippen LogP) is 2.38. The standard InChI is InChI=1S/C20H25N3O2/c1-3-13-22-16-11-7-8-12-17(16)23(20(22)25)19(18(24)14-21-2)15-9-5-4-6-10-15/h4-12,18-19,21,24H,3,13-14H2,1-2H3/t18-,19-/m0/s1. The lowest BCUT2D eigenvalue weighted by atomic mass is 10.0. The van der Waals surface area contributed by atoms with E-state index >= 15 is 0 Å². The van der Waals surface area contributed by atoms with Gasteiger partial charge in [-0.3, -0.25) is 9.13 Å². The summed E-state index contributed by atoms with van der Waals surface area (Å²) in [6.45, 7) is 3.12. The minimum atomic E-state index is -0.717. The van der Waals surface area contributed by atoms with E-state index in [-0.39, 0.29) is 5.69 Å². The van der Waals surface area contributed by atoms with E-state index in [1.807, 2.05) is 54.6 Å². The number of hydrogen-bond donors (Lipinski definition) is 2. The van der Waals surface area contributed by atoms with E-state index < -0.39 is 12.1 Å². The second-order valence-electron chi connectivity index (χ2n) is 6.27. The van der Waals surface area contributed by atoms with Gasteiger partial charge in [0, 0.05) is 13.1 Å². The monoisotopic (exact) mass is 339 g/mol. The summed E-state index contributed by atoms with van der Waals surface area (Å²) >= 11 is 0. The molecule has 2 N–H and O–H groups in total. The highest BCUT2D eigenvalue weighted by molar-refractivity contribution is 5.76. The van der Waals surface area contributed by atoms with E-state index in [0.29, 0.717) is 13.1 Å². The smallest absolute Gasteiger partial charge is 0.329 e. The van der Waals surface area contributed by atoms with Crippen LogP contribution < -0.4 is 11.0 Å². The average molecular weight is 339 g/mol. The van der Waals surface area contributed by atoms with Crippen LogP contribution in [0.15, 0.2) is 59.4 Å². The van der Waals surface area contributed by atoms with Gasteiger partial charge in [0.15, 0.2) is 0 Å². The van der Waals surface area contributed by atoms with E-state index in [0.717, 1.165) is 23.0 Å². The molecule has 0 saturated carbocycles. The Hall–Kier alpha value is -2.37. The lowest BCUT2D eigenvalue weighted by Crippen LogP contribution is -2.38. The minimum Gasteiger partial charge on any atom is -0.389 e. The van der Waals surface area contributed by atoms with Crippen molar-refractivity contribution >= 4 is 11.0 Å². The number of aliphatic hydroxyl groups is 1. The summed E-state index contributed by atoms with van der Waals surface area (Å²) in [7, 11) is 1.80. The summed E-state index contributed by atoms with van der Waals surface area (Å²) in [5.41, 5.74) is 2.61. The highest BCUT2D eigenvalue weighted by atomic mass is 16.3. The fourth-order valence-electron chi connectivity index (χ4n) is 3.46. The minimum absolute atomic E-state index is 0.0768. The first-order valence-corrected chi connectivity index (χ1v) is 8.76. The molecule has 2 atom stereocenters. The zero-order valence-electron chi connectivity index (χ0n) is 14.7. The van der Waals surface area contributed by atoms with Crippen molar-refractivity contribution in [3.63, 3.8) is 0 Å². The Morgan fingerprint density at radius 1 is 1.04 bits per heavy atom. The number of likely N-dealkylation sites (N-methyl/N-ethyl adjacent to an activating group) is 1. The van der Waals surface area contributed by atoms with Crippen LogP contribution in [0, 0.1) is 0 Å². The number of aryl methyl sites for hydroxylation is 1. The van der Waals surface area contributed by atoms with Crippen LogP contribution in [0.3, 0.4) is 0 Å². The van der Waals surface area contributed by atoms with E-state index in [1.165, 1.54) is 0 Å². The van der Waals surface area contributed by atoms with E-state index in [1.54, 1.807) is 16.2 Å². The summed E-state index contributed by atoms with van der Waals surface area (Å²) in [4.78, 5) is 13.2. The molecular weight excluding hydrogens is 314 g/mol. The molecule has 0 aliphatic rings. The average Bonchev–Trinajstić information content (AvgIpc) is 2.90. The highest BCUT2D eigenvalue weighted by Gasteiger charge is 2.27. The first-order valence-electron chi connectivity index (χ1n) is 8.76. The van der Waals surface area contributed by atoms with Crippen LogP contribution in [0.4, 0.5) is 0 Å². The molecule has 0 fully saturated rings. The van der Waals surface area contributed by atoms with Gasteiger partial charge in [0.25, 0.3) is 0 Å². The van der Waals surface area contributed by atoms with Crippen molar-refractivity contribution in [2.45, 2.75) is 32.0 Å². The highest BCUT2D eigenvalue weighted by Crippen LogP contribution is 2.26. The molecule has 25 heavy (non-hydrogen) atoms. The van der Waals surface area contributed by atoms with Crippen molar-refractivity contribution in [2.75, 3.05) is 13.6 Å². The van der Waals surface area contributed by atoms with Gasteiger partial charge in [-0.2, -0.15) is 0 Å². The molecule has 5 heteroatoms. The van der Waals surface area contributed by atoms with Crippen molar-refractivity contribution in [3.8, 4) is 0 Å². The maximum atomic E-state index is 13.2. The molecule has 1 aromatic heterocycles. The van der Waals surface area contributed by atoms with Gasteiger partial charge < -0.3 is 10.4 Å². The molecule has 0 saturated heterocycles. The summed E-state index contributed by atoms with van der Waals surface area (Å²) < 4.78 is 3.54. The Morgan fingerprint density at radius 2 is 1.68 bits per heavy atom. The quantitative estimate of drug-likeness (QED) is 0.695. The predicted molar refractivity (Wildman–Crippen MR) is 101 cm³/mol. The number of fused-ring (bicyclic) bond motifs is 1. The van der Waals surface area contributed by atoms with Gasteiger partial charge in [0.1, 0.15) is 0 Å². The molecular formula is C20H25N3O2. The van der Waals surface area contributed by atoms with Gasteiger partial charge in [-0.05, 0) is 31.2 Å². The summed E-state index contributed by atoms with van der Waals surface area (Å²) in [5.74, 6) is 0. The lowest BCUT2D eigenvalue weighted by Gasteiger charge is -2.25. The van der Waals surface area contributed by atoms with Gasteiger partial charge in [0.05, 0.1) is 23.2 Å². The number of nitrogens with one attached hydrogen (secondary N) is 1. The first kappa shape index (κ1) is 17.5. The molecule has 0 bridgehead atoms. The summed E-state index contributed by atoms with van der Waals surface area (Å²) in [5, 5.41) is 13.8. The van der Waals surface area contributed by atoms with Gasteiger partial charge in [-0.25, -0.2) is 4.79 Å². The maximum absolute atomic E-state index is 13.2. The molecule has 132 valence electrons. The number of benzene rings is 2. The van der Waals surface area contributed by atoms with Crippen LogP contribution in [0.2, 0.25) is 0 Å². The molecule has 3 aromatic rings. The van der Waals surface area contributed by atoms with E-state index in [9.17, 15) is 9.90 Å². The third-order valence-corrected chi connectivity index (χ3v) is 4.51. The second-order valence-corrected chi connectivity index (χ2v) is 6.27. The fourth-order valence-corrected chi connectivity index (χ4v) is 3.46. The number of para-hydroxylation sites is 2. The fraction of sp³-hybridized carbons (Fsp3) is 0.350. The van der Waals surface area contributed by atoms with Crippen LogP contribution in [0.25, 0.3) is 11.0 Å². The summed E-state index contributed by atoms with van der Waals surface area (Å²) in [6, 6.07) is 17.1. The third-order valence-electron chi connectivity index (χ3n) is 4.51. The number of rotatable bonds is 7. The second kappa shape index (κ2) is 7.68. The topological polar surface area (TPSA) is 59.2 Å². The van der Waals surface area contributed by atoms with Gasteiger partial charge in [0.2, 0.25) is 0 Å². The number of aliphatic hydroxyl groups excluding tert-OH is 1. The Bertz CT molecular complexity index is 883. The number of imidazole rings is 1. The van der Waals surface area contributed by atoms with Crippen molar-refractivity contribution in [3.05, 3.63) is 70.6 Å². The maximum Gasteiger partial charge on any atom is 0.329 e. The molecule has 0 spiro atoms. The molecule has 0 unspecified atom stereocenters. The van der Waals surface area contributed by atoms with Crippen molar-refractivity contribution in [1.29, 1.82) is 0 Å². The molecule has 3 rings (SSSR count). The van der Waals surface area contributed by atoms with Gasteiger partial charge in [-0.15, -0.1) is 0 Å². The number of hydrogen-bond acceptors (Lipinski definition) is 3. The van der Waals surface area contributed by atoms with E-state index in [2.05, 4.69) is 12.2 Å². The number of nitrogens with zero attached hydrogens (tertiary/aromatic N) is 2. The first-order chi connectivity index (χ1) is 12.2. The normalized spacial score (nSPS) is 13.9. The van der Waals surface area contributed by atoms with E-state index in [4.69, 9.17) is 0 Å². The molecule has 0 radical (unpaired) electrons. The molecule has 0 amide bonds. The van der Waals surface area contributed by atoms with Crippen molar-refractivity contribution in [1.82, 2.24) is 14.5 Å². The summed E-state index contributed by atoms with van der Waals surface area (Å²) in [6.07, 6.45) is 0.161. The van der Waals surface area contributed by atoms with Crippen LogP contribution in [-0.4, -0.2) is 33.9 Å². The van der Waals surface area contributed by atoms with Gasteiger partial charge >= 0.3 is 5.69 Å². The Labute approximate surface area is 147 Å².